The Labute approximate surface area is 118 Å². The molecule has 1 aromatic carbocycles. The van der Waals surface area contributed by atoms with E-state index in [1.807, 2.05) is 12.1 Å². The summed E-state index contributed by atoms with van der Waals surface area (Å²) >= 11 is 0. The van der Waals surface area contributed by atoms with E-state index >= 15 is 0 Å². The molecule has 0 aromatic heterocycles. The first-order valence-corrected chi connectivity index (χ1v) is 6.10. The number of ether oxygens (including phenoxy) is 3. The van der Waals surface area contributed by atoms with Crippen molar-refractivity contribution in [3.05, 3.63) is 35.4 Å². The Morgan fingerprint density at radius 1 is 1.00 bits per heavy atom. The van der Waals surface area contributed by atoms with Crippen LogP contribution >= 0.6 is 0 Å². The Bertz CT molecular complexity index is 487. The molecule has 5 nitrogen and oxygen atoms in total. The normalized spacial score (nSPS) is 10.8. The van der Waals surface area contributed by atoms with Gasteiger partial charge in [-0.05, 0) is 30.2 Å². The van der Waals surface area contributed by atoms with Crippen LogP contribution in [0.4, 0.5) is 0 Å². The quantitative estimate of drug-likeness (QED) is 0.589. The summed E-state index contributed by atoms with van der Waals surface area (Å²) in [4.78, 5) is 22.8. The molecule has 0 spiro atoms. The molecule has 0 aliphatic carbocycles. The van der Waals surface area contributed by atoms with Crippen molar-refractivity contribution in [2.24, 2.45) is 0 Å². The van der Waals surface area contributed by atoms with Gasteiger partial charge in [-0.2, -0.15) is 0 Å². The van der Waals surface area contributed by atoms with Crippen molar-refractivity contribution in [2.75, 3.05) is 21.3 Å². The zero-order valence-corrected chi connectivity index (χ0v) is 11.8. The second kappa shape index (κ2) is 7.99. The summed E-state index contributed by atoms with van der Waals surface area (Å²) in [6, 6.07) is 7.22. The van der Waals surface area contributed by atoms with Crippen LogP contribution in [0.3, 0.4) is 0 Å². The molecule has 20 heavy (non-hydrogen) atoms. The number of benzene rings is 1. The number of rotatable bonds is 6. The predicted octanol–water partition coefficient (Wildman–Crippen LogP) is 2.20. The monoisotopic (exact) mass is 278 g/mol. The van der Waals surface area contributed by atoms with E-state index in [4.69, 9.17) is 9.47 Å². The number of carbonyl (C=O) groups excluding carboxylic acids is 2. The molecule has 1 aromatic rings. The third-order valence-corrected chi connectivity index (χ3v) is 2.73. The Kier molecular flexibility index (Phi) is 6.29. The van der Waals surface area contributed by atoms with E-state index in [-0.39, 0.29) is 18.8 Å². The minimum atomic E-state index is -0.454. The molecule has 0 saturated carbocycles. The lowest BCUT2D eigenvalue weighted by molar-refractivity contribution is -0.140. The first kappa shape index (κ1) is 15.8. The van der Waals surface area contributed by atoms with Gasteiger partial charge < -0.3 is 14.2 Å². The molecule has 0 amide bonds. The van der Waals surface area contributed by atoms with Crippen LogP contribution in [0.2, 0.25) is 0 Å². The van der Waals surface area contributed by atoms with E-state index in [2.05, 4.69) is 4.74 Å². The van der Waals surface area contributed by atoms with Gasteiger partial charge in [-0.3, -0.25) is 4.79 Å². The van der Waals surface area contributed by atoms with Crippen molar-refractivity contribution in [3.8, 4) is 5.75 Å². The third kappa shape index (κ3) is 4.76. The standard InChI is InChI=1S/C15H18O5/c1-18-13-7-4-11(5-8-13)10-12(15(17)20-3)6-9-14(16)19-2/h4-5,7-8,10H,6,9H2,1-3H3/b12-10+. The van der Waals surface area contributed by atoms with Crippen molar-refractivity contribution in [2.45, 2.75) is 12.8 Å². The number of carbonyl (C=O) groups is 2. The summed E-state index contributed by atoms with van der Waals surface area (Å²) in [5, 5.41) is 0. The van der Waals surface area contributed by atoms with E-state index in [9.17, 15) is 9.59 Å². The molecule has 0 aliphatic heterocycles. The second-order valence-corrected chi connectivity index (χ2v) is 4.01. The summed E-state index contributed by atoms with van der Waals surface area (Å²) in [6.45, 7) is 0. The molecular formula is C15H18O5. The molecule has 5 heteroatoms. The molecular weight excluding hydrogens is 260 g/mol. The highest BCUT2D eigenvalue weighted by molar-refractivity contribution is 5.94. The first-order valence-electron chi connectivity index (χ1n) is 6.10. The minimum absolute atomic E-state index is 0.133. The lowest BCUT2D eigenvalue weighted by atomic mass is 10.1. The van der Waals surface area contributed by atoms with Gasteiger partial charge in [0.15, 0.2) is 0 Å². The average Bonchev–Trinajstić information content (AvgIpc) is 2.50. The van der Waals surface area contributed by atoms with Crippen LogP contribution in [-0.2, 0) is 19.1 Å². The summed E-state index contributed by atoms with van der Waals surface area (Å²) in [7, 11) is 4.21. The zero-order valence-electron chi connectivity index (χ0n) is 11.8. The Balaban J connectivity index is 2.87. The van der Waals surface area contributed by atoms with Gasteiger partial charge in [0.05, 0.1) is 21.3 Å². The molecule has 0 N–H and O–H groups in total. The molecule has 1 rings (SSSR count). The van der Waals surface area contributed by atoms with Crippen molar-refractivity contribution in [1.29, 1.82) is 0 Å². The van der Waals surface area contributed by atoms with Crippen LogP contribution in [-0.4, -0.2) is 33.3 Å². The van der Waals surface area contributed by atoms with Gasteiger partial charge in [-0.25, -0.2) is 4.79 Å². The maximum Gasteiger partial charge on any atom is 0.333 e. The fraction of sp³-hybridized carbons (Fsp3) is 0.333. The number of esters is 2. The smallest absolute Gasteiger partial charge is 0.333 e. The van der Waals surface area contributed by atoms with Gasteiger partial charge in [-0.15, -0.1) is 0 Å². The van der Waals surface area contributed by atoms with Gasteiger partial charge >= 0.3 is 11.9 Å². The van der Waals surface area contributed by atoms with Crippen LogP contribution < -0.4 is 4.74 Å². The van der Waals surface area contributed by atoms with E-state index in [1.54, 1.807) is 25.3 Å². The van der Waals surface area contributed by atoms with Crippen molar-refractivity contribution < 1.29 is 23.8 Å². The van der Waals surface area contributed by atoms with Crippen LogP contribution in [0.25, 0.3) is 6.08 Å². The fourth-order valence-corrected chi connectivity index (χ4v) is 1.60. The average molecular weight is 278 g/mol. The van der Waals surface area contributed by atoms with Crippen LogP contribution in [0, 0.1) is 0 Å². The van der Waals surface area contributed by atoms with Gasteiger partial charge in [0.1, 0.15) is 5.75 Å². The maximum absolute atomic E-state index is 11.7. The first-order chi connectivity index (χ1) is 9.60. The second-order valence-electron chi connectivity index (χ2n) is 4.01. The van der Waals surface area contributed by atoms with Gasteiger partial charge in [0, 0.05) is 12.0 Å². The van der Waals surface area contributed by atoms with E-state index in [0.717, 1.165) is 11.3 Å². The van der Waals surface area contributed by atoms with E-state index in [1.165, 1.54) is 14.2 Å². The summed E-state index contributed by atoms with van der Waals surface area (Å²) in [5.74, 6) is -0.0874. The van der Waals surface area contributed by atoms with Crippen LogP contribution in [0.5, 0.6) is 5.75 Å². The number of methoxy groups -OCH3 is 3. The molecule has 0 saturated heterocycles. The lowest BCUT2D eigenvalue weighted by Gasteiger charge is -2.06. The van der Waals surface area contributed by atoms with Crippen molar-refractivity contribution >= 4 is 18.0 Å². The van der Waals surface area contributed by atoms with E-state index in [0.29, 0.717) is 5.57 Å². The molecule has 108 valence electrons. The highest BCUT2D eigenvalue weighted by Crippen LogP contribution is 2.17. The fourth-order valence-electron chi connectivity index (χ4n) is 1.60. The third-order valence-electron chi connectivity index (χ3n) is 2.73. The number of hydrogen-bond donors (Lipinski definition) is 0. The highest BCUT2D eigenvalue weighted by atomic mass is 16.5. The summed E-state index contributed by atoms with van der Waals surface area (Å²) in [5.41, 5.74) is 1.25. The van der Waals surface area contributed by atoms with Crippen molar-refractivity contribution in [3.63, 3.8) is 0 Å². The summed E-state index contributed by atoms with van der Waals surface area (Å²) in [6.07, 6.45) is 2.09. The lowest BCUT2D eigenvalue weighted by Crippen LogP contribution is -2.08. The molecule has 0 unspecified atom stereocenters. The number of hydrogen-bond acceptors (Lipinski definition) is 5. The molecule has 0 heterocycles. The SMILES string of the molecule is COC(=O)CC/C(=C\c1ccc(OC)cc1)C(=O)OC. The maximum atomic E-state index is 11.7. The van der Waals surface area contributed by atoms with Crippen molar-refractivity contribution in [1.82, 2.24) is 0 Å². The Morgan fingerprint density at radius 3 is 2.15 bits per heavy atom. The molecule has 0 fully saturated rings. The molecule has 0 radical (unpaired) electrons. The van der Waals surface area contributed by atoms with E-state index < -0.39 is 5.97 Å². The van der Waals surface area contributed by atoms with Crippen LogP contribution in [0.1, 0.15) is 18.4 Å². The minimum Gasteiger partial charge on any atom is -0.497 e. The highest BCUT2D eigenvalue weighted by Gasteiger charge is 2.12. The largest absolute Gasteiger partial charge is 0.497 e. The zero-order chi connectivity index (χ0) is 15.0. The molecule has 0 aliphatic rings. The van der Waals surface area contributed by atoms with Gasteiger partial charge in [-0.1, -0.05) is 12.1 Å². The van der Waals surface area contributed by atoms with Gasteiger partial charge in [0.25, 0.3) is 0 Å². The Morgan fingerprint density at radius 2 is 1.65 bits per heavy atom. The van der Waals surface area contributed by atoms with Gasteiger partial charge in [0.2, 0.25) is 0 Å². The summed E-state index contributed by atoms with van der Waals surface area (Å²) < 4.78 is 14.3. The topological polar surface area (TPSA) is 61.8 Å². The molecule has 0 bridgehead atoms. The molecule has 0 atom stereocenters. The Hall–Kier alpha value is -2.30. The van der Waals surface area contributed by atoms with Crippen LogP contribution in [0.15, 0.2) is 29.8 Å². The predicted molar refractivity (Wildman–Crippen MR) is 74.2 cm³/mol.